The molecule has 0 fully saturated rings. The van der Waals surface area contributed by atoms with Gasteiger partial charge in [-0.1, -0.05) is 12.1 Å². The number of ether oxygens (including phenoxy) is 1. The number of alkyl halides is 3. The Kier molecular flexibility index (Phi) is 7.22. The molecule has 7 nitrogen and oxygen atoms in total. The van der Waals surface area contributed by atoms with Crippen LogP contribution in [0.2, 0.25) is 0 Å². The lowest BCUT2D eigenvalue weighted by molar-refractivity contribution is -0.142. The van der Waals surface area contributed by atoms with Gasteiger partial charge in [0.15, 0.2) is 0 Å². The highest BCUT2D eigenvalue weighted by molar-refractivity contribution is 5.96. The fraction of sp³-hybridized carbons (Fsp3) is 0.409. The van der Waals surface area contributed by atoms with Crippen LogP contribution in [0.25, 0.3) is 0 Å². The van der Waals surface area contributed by atoms with Gasteiger partial charge in [0.05, 0.1) is 13.0 Å². The van der Waals surface area contributed by atoms with Crippen molar-refractivity contribution in [3.05, 3.63) is 53.2 Å². The van der Waals surface area contributed by atoms with Gasteiger partial charge in [-0.05, 0) is 42.2 Å². The molecular formula is C22H24F3N3O4. The van der Waals surface area contributed by atoms with E-state index in [1.54, 1.807) is 19.2 Å². The molecule has 1 aliphatic heterocycles. The summed E-state index contributed by atoms with van der Waals surface area (Å²) in [5.74, 6) is -1.44. The van der Waals surface area contributed by atoms with Gasteiger partial charge in [0.2, 0.25) is 0 Å². The zero-order valence-electron chi connectivity index (χ0n) is 17.5. The number of carbonyl (C=O) groups excluding carboxylic acids is 1. The van der Waals surface area contributed by atoms with Crippen molar-refractivity contribution in [2.24, 2.45) is 5.92 Å². The van der Waals surface area contributed by atoms with E-state index < -0.39 is 30.5 Å². The molecule has 0 saturated heterocycles. The maximum Gasteiger partial charge on any atom is 0.406 e. The highest BCUT2D eigenvalue weighted by Gasteiger charge is 2.37. The molecule has 172 valence electrons. The number of nitrogens with zero attached hydrogens (tertiary/aromatic N) is 2. The molecule has 2 aromatic rings. The molecule has 1 amide bonds. The highest BCUT2D eigenvalue weighted by atomic mass is 19.4. The van der Waals surface area contributed by atoms with E-state index in [0.29, 0.717) is 22.6 Å². The number of halogens is 3. The largest absolute Gasteiger partial charge is 0.493 e. The monoisotopic (exact) mass is 451 g/mol. The second kappa shape index (κ2) is 9.88. The molecule has 2 N–H and O–H groups in total. The summed E-state index contributed by atoms with van der Waals surface area (Å²) in [7, 11) is 1.76. The van der Waals surface area contributed by atoms with E-state index in [0.717, 1.165) is 11.5 Å². The van der Waals surface area contributed by atoms with Gasteiger partial charge in [0.1, 0.15) is 18.1 Å². The van der Waals surface area contributed by atoms with Crippen LogP contribution in [0.3, 0.4) is 0 Å². The Bertz CT molecular complexity index is 981. The normalized spacial score (nSPS) is 16.3. The van der Waals surface area contributed by atoms with Crippen LogP contribution in [0.5, 0.6) is 5.75 Å². The molecule has 10 heteroatoms. The van der Waals surface area contributed by atoms with E-state index >= 15 is 0 Å². The zero-order chi connectivity index (χ0) is 23.3. The lowest BCUT2D eigenvalue weighted by atomic mass is 9.94. The topological polar surface area (TPSA) is 91.8 Å². The first kappa shape index (κ1) is 23.4. The number of nitrogens with one attached hydrogen (secondary N) is 1. The van der Waals surface area contributed by atoms with Crippen LogP contribution in [0.1, 0.15) is 28.0 Å². The second-order valence-electron chi connectivity index (χ2n) is 7.65. The first-order valence-corrected chi connectivity index (χ1v) is 10.1. The molecule has 32 heavy (non-hydrogen) atoms. The Hall–Kier alpha value is -3.30. The molecular weight excluding hydrogens is 427 g/mol. The number of hydrogen-bond acceptors (Lipinski definition) is 5. The van der Waals surface area contributed by atoms with E-state index in [1.165, 1.54) is 6.07 Å². The van der Waals surface area contributed by atoms with Crippen LogP contribution in [0, 0.1) is 5.92 Å². The number of carbonyl (C=O) groups is 2. The minimum absolute atomic E-state index is 0.106. The van der Waals surface area contributed by atoms with Crippen LogP contribution < -0.4 is 10.1 Å². The summed E-state index contributed by atoms with van der Waals surface area (Å²) >= 11 is 0. The number of hydrogen-bond donors (Lipinski definition) is 2. The molecule has 1 aromatic heterocycles. The van der Waals surface area contributed by atoms with Crippen molar-refractivity contribution >= 4 is 17.7 Å². The van der Waals surface area contributed by atoms with E-state index in [9.17, 15) is 22.8 Å². The summed E-state index contributed by atoms with van der Waals surface area (Å²) in [6, 6.07) is 10.2. The second-order valence-corrected chi connectivity index (χ2v) is 7.65. The summed E-state index contributed by atoms with van der Waals surface area (Å²) in [6.07, 6.45) is -4.21. The van der Waals surface area contributed by atoms with Gasteiger partial charge in [-0.3, -0.25) is 9.59 Å². The van der Waals surface area contributed by atoms with Gasteiger partial charge >= 0.3 is 12.1 Å². The Morgan fingerprint density at radius 3 is 2.78 bits per heavy atom. The summed E-state index contributed by atoms with van der Waals surface area (Å²) in [5.41, 5.74) is 1.42. The average molecular weight is 451 g/mol. The van der Waals surface area contributed by atoms with Gasteiger partial charge in [-0.15, -0.1) is 0 Å². The van der Waals surface area contributed by atoms with Crippen molar-refractivity contribution in [3.63, 3.8) is 0 Å². The maximum atomic E-state index is 13.0. The molecule has 1 unspecified atom stereocenters. The summed E-state index contributed by atoms with van der Waals surface area (Å²) in [4.78, 5) is 29.1. The minimum atomic E-state index is -4.59. The molecule has 0 bridgehead atoms. The number of amides is 1. The fourth-order valence-corrected chi connectivity index (χ4v) is 3.73. The van der Waals surface area contributed by atoms with Crippen LogP contribution in [-0.4, -0.2) is 59.8 Å². The Balaban J connectivity index is 1.77. The number of aliphatic carboxylic acids is 1. The molecule has 1 atom stereocenters. The van der Waals surface area contributed by atoms with Crippen LogP contribution in [0.4, 0.5) is 19.0 Å². The third kappa shape index (κ3) is 6.35. The lowest BCUT2D eigenvalue weighted by Gasteiger charge is -2.25. The summed E-state index contributed by atoms with van der Waals surface area (Å²) < 4.78 is 44.8. The van der Waals surface area contributed by atoms with Crippen molar-refractivity contribution in [2.75, 3.05) is 32.1 Å². The SMILES string of the molecule is CNc1cccc(CCOc2ccc3c(c2)C(=O)N(CC(F)(F)F)CC(CC(=O)O)C3)n1. The zero-order valence-corrected chi connectivity index (χ0v) is 17.5. The summed E-state index contributed by atoms with van der Waals surface area (Å²) in [5, 5.41) is 12.0. The highest BCUT2D eigenvalue weighted by Crippen LogP contribution is 2.29. The third-order valence-corrected chi connectivity index (χ3v) is 5.11. The molecule has 3 rings (SSSR count). The van der Waals surface area contributed by atoms with Gasteiger partial charge in [0.25, 0.3) is 5.91 Å². The predicted molar refractivity (Wildman–Crippen MR) is 111 cm³/mol. The molecule has 1 aromatic carbocycles. The average Bonchev–Trinajstić information content (AvgIpc) is 2.83. The van der Waals surface area contributed by atoms with E-state index in [4.69, 9.17) is 9.84 Å². The Morgan fingerprint density at radius 2 is 2.09 bits per heavy atom. The first-order valence-electron chi connectivity index (χ1n) is 10.1. The number of carboxylic acids is 1. The van der Waals surface area contributed by atoms with Crippen LogP contribution in [0.15, 0.2) is 36.4 Å². The minimum Gasteiger partial charge on any atom is -0.493 e. The number of rotatable bonds is 8. The lowest BCUT2D eigenvalue weighted by Crippen LogP contribution is -2.41. The van der Waals surface area contributed by atoms with Crippen LogP contribution in [-0.2, 0) is 17.6 Å². The van der Waals surface area contributed by atoms with E-state index in [1.807, 2.05) is 18.2 Å². The first-order chi connectivity index (χ1) is 15.1. The Morgan fingerprint density at radius 1 is 1.31 bits per heavy atom. The number of anilines is 1. The summed E-state index contributed by atoms with van der Waals surface area (Å²) in [6.45, 7) is -1.44. The quantitative estimate of drug-likeness (QED) is 0.639. The van der Waals surface area contributed by atoms with Crippen LogP contribution >= 0.6 is 0 Å². The Labute approximate surface area is 183 Å². The number of benzene rings is 1. The molecule has 0 saturated carbocycles. The third-order valence-electron chi connectivity index (χ3n) is 5.11. The standard InChI is InChI=1S/C22H24F3N3O4/c1-26-19-4-2-3-16(27-19)7-8-32-17-6-5-15-9-14(10-20(29)30)12-28(13-22(23,24)25)21(31)18(15)11-17/h2-6,11,14H,7-10,12-13H2,1H3,(H,26,27)(H,29,30). The van der Waals surface area contributed by atoms with Gasteiger partial charge < -0.3 is 20.1 Å². The predicted octanol–water partition coefficient (Wildman–Crippen LogP) is 3.40. The molecule has 2 heterocycles. The van der Waals surface area contributed by atoms with Crippen molar-refractivity contribution in [3.8, 4) is 5.75 Å². The number of fused-ring (bicyclic) bond motifs is 1. The maximum absolute atomic E-state index is 13.0. The van der Waals surface area contributed by atoms with E-state index in [2.05, 4.69) is 10.3 Å². The molecule has 0 radical (unpaired) electrons. The molecule has 1 aliphatic rings. The fourth-order valence-electron chi connectivity index (χ4n) is 3.73. The van der Waals surface area contributed by atoms with E-state index in [-0.39, 0.29) is 31.6 Å². The number of carboxylic acid groups (broad SMARTS) is 1. The molecule has 0 aliphatic carbocycles. The van der Waals surface area contributed by atoms with Crippen molar-refractivity contribution in [1.29, 1.82) is 0 Å². The van der Waals surface area contributed by atoms with Gasteiger partial charge in [-0.25, -0.2) is 4.98 Å². The van der Waals surface area contributed by atoms with Crippen molar-refractivity contribution in [2.45, 2.75) is 25.4 Å². The van der Waals surface area contributed by atoms with Gasteiger partial charge in [-0.2, -0.15) is 13.2 Å². The number of pyridine rings is 1. The van der Waals surface area contributed by atoms with Crippen molar-refractivity contribution < 1.29 is 32.6 Å². The van der Waals surface area contributed by atoms with Crippen molar-refractivity contribution in [1.82, 2.24) is 9.88 Å². The smallest absolute Gasteiger partial charge is 0.406 e. The molecule has 0 spiro atoms. The van der Waals surface area contributed by atoms with Gasteiger partial charge in [0, 0.05) is 31.3 Å². The number of aromatic nitrogens is 1.